The molecule has 0 unspecified atom stereocenters. The summed E-state index contributed by atoms with van der Waals surface area (Å²) < 4.78 is 5.40. The second kappa shape index (κ2) is 4.72. The first-order valence-electron chi connectivity index (χ1n) is 5.36. The monoisotopic (exact) mass is 249 g/mol. The van der Waals surface area contributed by atoms with Crippen molar-refractivity contribution in [3.8, 4) is 5.75 Å². The van der Waals surface area contributed by atoms with Crippen LogP contribution in [0.2, 0.25) is 5.15 Å². The van der Waals surface area contributed by atoms with Crippen molar-refractivity contribution >= 4 is 28.3 Å². The molecule has 3 nitrogen and oxygen atoms in total. The molecule has 0 saturated carbocycles. The number of ether oxygens (including phenoxy) is 1. The summed E-state index contributed by atoms with van der Waals surface area (Å²) >= 11 is 5.94. The molecule has 0 spiro atoms. The molecule has 17 heavy (non-hydrogen) atoms. The van der Waals surface area contributed by atoms with Crippen LogP contribution >= 0.6 is 11.6 Å². The van der Waals surface area contributed by atoms with Gasteiger partial charge < -0.3 is 4.74 Å². The summed E-state index contributed by atoms with van der Waals surface area (Å²) in [6.07, 6.45) is 0. The predicted molar refractivity (Wildman–Crippen MR) is 67.9 cm³/mol. The molecule has 88 valence electrons. The van der Waals surface area contributed by atoms with Gasteiger partial charge in [0.05, 0.1) is 17.7 Å². The number of carbonyl (C=O) groups is 1. The summed E-state index contributed by atoms with van der Waals surface area (Å²) in [6.45, 7) is 4.00. The minimum atomic E-state index is -0.0915. The average molecular weight is 250 g/mol. The number of Topliss-reactive ketones (excluding diaryl/α,β-unsaturated/α-hetero) is 1. The van der Waals surface area contributed by atoms with Gasteiger partial charge in [0.2, 0.25) is 0 Å². The maximum Gasteiger partial charge on any atom is 0.162 e. The summed E-state index contributed by atoms with van der Waals surface area (Å²) in [6, 6.07) is 7.27. The van der Waals surface area contributed by atoms with Crippen LogP contribution in [-0.2, 0) is 0 Å². The fraction of sp³-hybridized carbons (Fsp3) is 0.231. The zero-order valence-electron chi connectivity index (χ0n) is 9.66. The number of pyridine rings is 1. The third-order valence-corrected chi connectivity index (χ3v) is 2.72. The molecule has 0 aliphatic rings. The van der Waals surface area contributed by atoms with Gasteiger partial charge in [-0.3, -0.25) is 4.79 Å². The molecule has 0 atom stereocenters. The highest BCUT2D eigenvalue weighted by Gasteiger charge is 2.09. The Morgan fingerprint density at radius 2 is 2.18 bits per heavy atom. The van der Waals surface area contributed by atoms with E-state index in [0.29, 0.717) is 12.2 Å². The van der Waals surface area contributed by atoms with E-state index in [2.05, 4.69) is 4.98 Å². The second-order valence-electron chi connectivity index (χ2n) is 3.67. The van der Waals surface area contributed by atoms with E-state index in [9.17, 15) is 4.79 Å². The highest BCUT2D eigenvalue weighted by molar-refractivity contribution is 6.33. The van der Waals surface area contributed by atoms with Crippen LogP contribution in [0.1, 0.15) is 24.2 Å². The topological polar surface area (TPSA) is 39.2 Å². The Hall–Kier alpha value is -1.61. The SMILES string of the molecule is CCOc1ccc2nc(Cl)c(C(C)=O)cc2c1. The number of hydrogen-bond acceptors (Lipinski definition) is 3. The molecule has 1 heterocycles. The van der Waals surface area contributed by atoms with Gasteiger partial charge in [0.15, 0.2) is 5.78 Å². The maximum atomic E-state index is 11.4. The largest absolute Gasteiger partial charge is 0.494 e. The highest BCUT2D eigenvalue weighted by atomic mass is 35.5. The molecule has 0 N–H and O–H groups in total. The summed E-state index contributed by atoms with van der Waals surface area (Å²) in [5.41, 5.74) is 1.19. The number of hydrogen-bond donors (Lipinski definition) is 0. The molecular weight excluding hydrogens is 238 g/mol. The smallest absolute Gasteiger partial charge is 0.162 e. The Labute approximate surface area is 104 Å². The first kappa shape index (κ1) is 11.9. The molecule has 0 aliphatic carbocycles. The van der Waals surface area contributed by atoms with Crippen LogP contribution in [0.4, 0.5) is 0 Å². The van der Waals surface area contributed by atoms with Crippen LogP contribution in [0.3, 0.4) is 0 Å². The lowest BCUT2D eigenvalue weighted by atomic mass is 10.1. The van der Waals surface area contributed by atoms with E-state index in [4.69, 9.17) is 16.3 Å². The molecule has 0 aliphatic heterocycles. The van der Waals surface area contributed by atoms with E-state index in [1.165, 1.54) is 6.92 Å². The molecule has 1 aromatic carbocycles. The molecule has 4 heteroatoms. The van der Waals surface area contributed by atoms with Crippen molar-refractivity contribution in [3.63, 3.8) is 0 Å². The number of carbonyl (C=O) groups excluding carboxylic acids is 1. The van der Waals surface area contributed by atoms with Gasteiger partial charge in [-0.25, -0.2) is 4.98 Å². The number of halogens is 1. The van der Waals surface area contributed by atoms with E-state index in [0.717, 1.165) is 16.7 Å². The van der Waals surface area contributed by atoms with Crippen LogP contribution in [0.15, 0.2) is 24.3 Å². The van der Waals surface area contributed by atoms with E-state index in [-0.39, 0.29) is 10.9 Å². The Morgan fingerprint density at radius 1 is 1.41 bits per heavy atom. The second-order valence-corrected chi connectivity index (χ2v) is 4.03. The Kier molecular flexibility index (Phi) is 3.29. The summed E-state index contributed by atoms with van der Waals surface area (Å²) in [5.74, 6) is 0.671. The number of nitrogens with zero attached hydrogens (tertiary/aromatic N) is 1. The third kappa shape index (κ3) is 2.39. The van der Waals surface area contributed by atoms with Gasteiger partial charge in [-0.05, 0) is 38.1 Å². The van der Waals surface area contributed by atoms with Gasteiger partial charge in [0, 0.05) is 5.39 Å². The summed E-state index contributed by atoms with van der Waals surface area (Å²) in [4.78, 5) is 15.6. The zero-order valence-corrected chi connectivity index (χ0v) is 10.4. The van der Waals surface area contributed by atoms with Crippen molar-refractivity contribution < 1.29 is 9.53 Å². The van der Waals surface area contributed by atoms with Gasteiger partial charge in [-0.15, -0.1) is 0 Å². The van der Waals surface area contributed by atoms with Gasteiger partial charge >= 0.3 is 0 Å². The zero-order chi connectivity index (χ0) is 12.4. The predicted octanol–water partition coefficient (Wildman–Crippen LogP) is 3.49. The number of fused-ring (bicyclic) bond motifs is 1. The molecule has 1 aromatic heterocycles. The van der Waals surface area contributed by atoms with Crippen LogP contribution in [0, 0.1) is 0 Å². The average Bonchev–Trinajstić information content (AvgIpc) is 2.28. The fourth-order valence-electron chi connectivity index (χ4n) is 1.63. The number of benzene rings is 1. The quantitative estimate of drug-likeness (QED) is 0.617. The molecule has 2 aromatic rings. The molecule has 0 saturated heterocycles. The van der Waals surface area contributed by atoms with E-state index in [1.54, 1.807) is 6.07 Å². The lowest BCUT2D eigenvalue weighted by molar-refractivity contribution is 0.101. The molecule has 0 bridgehead atoms. The highest BCUT2D eigenvalue weighted by Crippen LogP contribution is 2.24. The third-order valence-electron chi connectivity index (χ3n) is 2.43. The Morgan fingerprint density at radius 3 is 2.82 bits per heavy atom. The molecule has 0 amide bonds. The number of rotatable bonds is 3. The van der Waals surface area contributed by atoms with Crippen molar-refractivity contribution in [2.24, 2.45) is 0 Å². The van der Waals surface area contributed by atoms with Gasteiger partial charge in [0.25, 0.3) is 0 Å². The van der Waals surface area contributed by atoms with E-state index >= 15 is 0 Å². The van der Waals surface area contributed by atoms with Crippen molar-refractivity contribution in [2.75, 3.05) is 6.61 Å². The lowest BCUT2D eigenvalue weighted by Crippen LogP contribution is -1.97. The number of ketones is 1. The Bertz CT molecular complexity index is 581. The molecule has 0 fully saturated rings. The van der Waals surface area contributed by atoms with Crippen molar-refractivity contribution in [3.05, 3.63) is 35.0 Å². The van der Waals surface area contributed by atoms with Crippen LogP contribution in [-0.4, -0.2) is 17.4 Å². The fourth-order valence-corrected chi connectivity index (χ4v) is 1.91. The molecular formula is C13H12ClNO2. The van der Waals surface area contributed by atoms with Crippen LogP contribution in [0.5, 0.6) is 5.75 Å². The minimum absolute atomic E-state index is 0.0915. The molecule has 0 radical (unpaired) electrons. The summed E-state index contributed by atoms with van der Waals surface area (Å²) in [7, 11) is 0. The van der Waals surface area contributed by atoms with Crippen molar-refractivity contribution in [2.45, 2.75) is 13.8 Å². The first-order chi connectivity index (χ1) is 8.11. The van der Waals surface area contributed by atoms with Crippen LogP contribution in [0.25, 0.3) is 10.9 Å². The van der Waals surface area contributed by atoms with Crippen LogP contribution < -0.4 is 4.74 Å². The lowest BCUT2D eigenvalue weighted by Gasteiger charge is -2.06. The van der Waals surface area contributed by atoms with Crippen molar-refractivity contribution in [1.29, 1.82) is 0 Å². The summed E-state index contributed by atoms with van der Waals surface area (Å²) in [5, 5.41) is 1.10. The number of aromatic nitrogens is 1. The van der Waals surface area contributed by atoms with E-state index in [1.807, 2.05) is 25.1 Å². The molecule has 2 rings (SSSR count). The minimum Gasteiger partial charge on any atom is -0.494 e. The van der Waals surface area contributed by atoms with E-state index < -0.39 is 0 Å². The van der Waals surface area contributed by atoms with Gasteiger partial charge in [-0.1, -0.05) is 11.6 Å². The van der Waals surface area contributed by atoms with Gasteiger partial charge in [-0.2, -0.15) is 0 Å². The maximum absolute atomic E-state index is 11.4. The van der Waals surface area contributed by atoms with Crippen molar-refractivity contribution in [1.82, 2.24) is 4.98 Å². The first-order valence-corrected chi connectivity index (χ1v) is 5.73. The Balaban J connectivity index is 2.59. The van der Waals surface area contributed by atoms with Gasteiger partial charge in [0.1, 0.15) is 10.9 Å². The standard InChI is InChI=1S/C13H12ClNO2/c1-3-17-10-4-5-12-9(6-10)7-11(8(2)16)13(14)15-12/h4-7H,3H2,1-2H3. The normalized spacial score (nSPS) is 10.5.